The van der Waals surface area contributed by atoms with Crippen LogP contribution in [0.5, 0.6) is 0 Å². The lowest BCUT2D eigenvalue weighted by molar-refractivity contribution is 0.774. The van der Waals surface area contributed by atoms with Gasteiger partial charge in [-0.25, -0.2) is 9.79 Å². The number of nitrogens with one attached hydrogen (secondary N) is 2. The molecular weight excluding hydrogens is 208 g/mol. The number of aromatic nitrogens is 2. The van der Waals surface area contributed by atoms with Crippen molar-refractivity contribution in [2.75, 3.05) is 0 Å². The van der Waals surface area contributed by atoms with Crippen LogP contribution in [0.3, 0.4) is 0 Å². The van der Waals surface area contributed by atoms with Gasteiger partial charge in [0.05, 0.1) is 0 Å². The van der Waals surface area contributed by atoms with Crippen molar-refractivity contribution in [1.82, 2.24) is 9.55 Å². The van der Waals surface area contributed by atoms with E-state index in [1.807, 2.05) is 13.8 Å². The van der Waals surface area contributed by atoms with E-state index in [-0.39, 0.29) is 11.4 Å². The third-order valence-corrected chi connectivity index (χ3v) is 1.72. The first-order chi connectivity index (χ1) is 7.61. The molecule has 0 unspecified atom stereocenters. The zero-order valence-corrected chi connectivity index (χ0v) is 9.87. The molecule has 0 radical (unpaired) electrons. The van der Waals surface area contributed by atoms with Crippen LogP contribution >= 0.6 is 0 Å². The fraction of sp³-hybridized carbons (Fsp3) is 0.400. The van der Waals surface area contributed by atoms with E-state index in [0.717, 1.165) is 10.8 Å². The minimum atomic E-state index is -0.541. The molecule has 0 spiro atoms. The SMILES string of the molecule is C/C=N\c1[nH]c(=O)n(C)c(=O)c1C=N.CC. The number of hydrogen-bond donors (Lipinski definition) is 2. The Kier molecular flexibility index (Phi) is 5.69. The first kappa shape index (κ1) is 14.0. The zero-order chi connectivity index (χ0) is 12.7. The third-order valence-electron chi connectivity index (χ3n) is 1.72. The predicted molar refractivity (Wildman–Crippen MR) is 65.4 cm³/mol. The second-order valence-corrected chi connectivity index (χ2v) is 2.59. The van der Waals surface area contributed by atoms with Crippen LogP contribution in [-0.2, 0) is 7.05 Å². The van der Waals surface area contributed by atoms with Crippen LogP contribution in [0, 0.1) is 5.41 Å². The molecule has 0 bridgehead atoms. The number of hydrogen-bond acceptors (Lipinski definition) is 4. The average Bonchev–Trinajstić information content (AvgIpc) is 2.30. The zero-order valence-electron chi connectivity index (χ0n) is 9.87. The van der Waals surface area contributed by atoms with E-state index >= 15 is 0 Å². The van der Waals surface area contributed by atoms with E-state index in [4.69, 9.17) is 5.41 Å². The van der Waals surface area contributed by atoms with Crippen LogP contribution < -0.4 is 11.2 Å². The molecule has 0 aliphatic carbocycles. The first-order valence-corrected chi connectivity index (χ1v) is 4.94. The molecule has 0 atom stereocenters. The Balaban J connectivity index is 0.00000106. The molecule has 6 nitrogen and oxygen atoms in total. The molecule has 6 heteroatoms. The molecule has 0 aliphatic rings. The summed E-state index contributed by atoms with van der Waals surface area (Å²) in [6.07, 6.45) is 2.32. The van der Waals surface area contributed by atoms with E-state index < -0.39 is 11.2 Å². The van der Waals surface area contributed by atoms with Crippen molar-refractivity contribution in [3.8, 4) is 0 Å². The van der Waals surface area contributed by atoms with Crippen LogP contribution in [0.25, 0.3) is 0 Å². The van der Waals surface area contributed by atoms with Gasteiger partial charge in [-0.3, -0.25) is 14.3 Å². The van der Waals surface area contributed by atoms with Gasteiger partial charge in [0.15, 0.2) is 0 Å². The van der Waals surface area contributed by atoms with Crippen molar-refractivity contribution < 1.29 is 0 Å². The van der Waals surface area contributed by atoms with Crippen LogP contribution in [0.4, 0.5) is 5.82 Å². The van der Waals surface area contributed by atoms with Crippen molar-refractivity contribution in [2.24, 2.45) is 12.0 Å². The quantitative estimate of drug-likeness (QED) is 0.728. The highest BCUT2D eigenvalue weighted by Gasteiger charge is 2.07. The number of nitrogens with zero attached hydrogens (tertiary/aromatic N) is 2. The topological polar surface area (TPSA) is 91.1 Å². The second-order valence-electron chi connectivity index (χ2n) is 2.59. The molecule has 0 amide bonds. The Morgan fingerprint density at radius 2 is 1.94 bits per heavy atom. The lowest BCUT2D eigenvalue weighted by Gasteiger charge is -2.01. The van der Waals surface area contributed by atoms with Gasteiger partial charge in [0.1, 0.15) is 11.4 Å². The summed E-state index contributed by atoms with van der Waals surface area (Å²) >= 11 is 0. The summed E-state index contributed by atoms with van der Waals surface area (Å²) in [4.78, 5) is 28.8. The summed E-state index contributed by atoms with van der Waals surface area (Å²) in [7, 11) is 1.34. The molecule has 0 aromatic carbocycles. The van der Waals surface area contributed by atoms with E-state index in [2.05, 4.69) is 9.98 Å². The standard InChI is InChI=1S/C8H10N4O2.C2H6/c1-3-10-6-5(4-9)7(13)12(2)8(14)11-6;1-2/h3-4,9H,1-2H3,(H,11,14);1-2H3/b9-4?,10-3-;. The van der Waals surface area contributed by atoms with Gasteiger partial charge in [0, 0.05) is 19.5 Å². The van der Waals surface area contributed by atoms with Gasteiger partial charge in [0.2, 0.25) is 0 Å². The van der Waals surface area contributed by atoms with E-state index in [1.54, 1.807) is 6.92 Å². The first-order valence-electron chi connectivity index (χ1n) is 4.94. The maximum absolute atomic E-state index is 11.4. The molecule has 1 heterocycles. The predicted octanol–water partition coefficient (Wildman–Crippen LogP) is 0.820. The summed E-state index contributed by atoms with van der Waals surface area (Å²) in [5, 5.41) is 7.04. The van der Waals surface area contributed by atoms with Gasteiger partial charge in [0.25, 0.3) is 5.56 Å². The highest BCUT2D eigenvalue weighted by molar-refractivity contribution is 5.83. The van der Waals surface area contributed by atoms with E-state index in [9.17, 15) is 9.59 Å². The minimum absolute atomic E-state index is 0.0743. The highest BCUT2D eigenvalue weighted by Crippen LogP contribution is 2.05. The van der Waals surface area contributed by atoms with Crippen LogP contribution in [0.15, 0.2) is 14.6 Å². The summed E-state index contributed by atoms with van der Waals surface area (Å²) in [6.45, 7) is 5.66. The Bertz CT molecular complexity index is 497. The molecule has 0 fully saturated rings. The van der Waals surface area contributed by atoms with E-state index in [1.165, 1.54) is 13.3 Å². The maximum Gasteiger partial charge on any atom is 0.329 e. The normalized spacial score (nSPS) is 9.75. The summed E-state index contributed by atoms with van der Waals surface area (Å²) < 4.78 is 0.898. The van der Waals surface area contributed by atoms with Gasteiger partial charge < -0.3 is 5.41 Å². The van der Waals surface area contributed by atoms with Gasteiger partial charge in [-0.1, -0.05) is 13.8 Å². The van der Waals surface area contributed by atoms with Gasteiger partial charge in [-0.05, 0) is 6.92 Å². The molecule has 1 rings (SSSR count). The minimum Gasteiger partial charge on any atom is -0.308 e. The molecule has 0 saturated heterocycles. The highest BCUT2D eigenvalue weighted by atomic mass is 16.2. The molecule has 0 aliphatic heterocycles. The average molecular weight is 224 g/mol. The van der Waals surface area contributed by atoms with Gasteiger partial charge in [-0.15, -0.1) is 0 Å². The second kappa shape index (κ2) is 6.49. The van der Waals surface area contributed by atoms with Gasteiger partial charge in [-0.2, -0.15) is 0 Å². The number of aliphatic imine (C=N–C) groups is 1. The van der Waals surface area contributed by atoms with Crippen molar-refractivity contribution >= 4 is 18.2 Å². The van der Waals surface area contributed by atoms with Crippen LogP contribution in [0.2, 0.25) is 0 Å². The lowest BCUT2D eigenvalue weighted by Crippen LogP contribution is -2.34. The molecule has 2 N–H and O–H groups in total. The van der Waals surface area contributed by atoms with Crippen molar-refractivity contribution in [1.29, 1.82) is 5.41 Å². The summed E-state index contributed by atoms with van der Waals surface area (Å²) in [5.41, 5.74) is -0.990. The number of aromatic amines is 1. The molecule has 1 aromatic heterocycles. The van der Waals surface area contributed by atoms with Crippen LogP contribution in [-0.4, -0.2) is 22.0 Å². The van der Waals surface area contributed by atoms with Crippen LogP contribution in [0.1, 0.15) is 26.3 Å². The van der Waals surface area contributed by atoms with Crippen molar-refractivity contribution in [3.63, 3.8) is 0 Å². The number of rotatable bonds is 2. The molecule has 16 heavy (non-hydrogen) atoms. The largest absolute Gasteiger partial charge is 0.329 e. The Morgan fingerprint density at radius 1 is 1.38 bits per heavy atom. The maximum atomic E-state index is 11.4. The lowest BCUT2D eigenvalue weighted by atomic mass is 10.3. The summed E-state index contributed by atoms with van der Waals surface area (Å²) in [5.74, 6) is 0.121. The Labute approximate surface area is 93.2 Å². The fourth-order valence-corrected chi connectivity index (χ4v) is 0.988. The monoisotopic (exact) mass is 224 g/mol. The van der Waals surface area contributed by atoms with E-state index in [0.29, 0.717) is 0 Å². The molecule has 88 valence electrons. The molecule has 1 aromatic rings. The Hall–Kier alpha value is -1.98. The number of H-pyrrole nitrogens is 1. The summed E-state index contributed by atoms with van der Waals surface area (Å²) in [6, 6.07) is 0. The molecular formula is C10H16N4O2. The van der Waals surface area contributed by atoms with Crippen molar-refractivity contribution in [2.45, 2.75) is 20.8 Å². The fourth-order valence-electron chi connectivity index (χ4n) is 0.988. The van der Waals surface area contributed by atoms with Crippen molar-refractivity contribution in [3.05, 3.63) is 26.4 Å². The molecule has 0 saturated carbocycles. The Morgan fingerprint density at radius 3 is 2.38 bits per heavy atom. The van der Waals surface area contributed by atoms with Gasteiger partial charge >= 0.3 is 5.69 Å². The smallest absolute Gasteiger partial charge is 0.308 e. The third kappa shape index (κ3) is 2.75.